The second-order valence-corrected chi connectivity index (χ2v) is 5.57. The van der Waals surface area contributed by atoms with E-state index in [4.69, 9.17) is 5.73 Å². The molecule has 4 heteroatoms. The number of hydrogen-bond acceptors (Lipinski definition) is 2. The third-order valence-electron chi connectivity index (χ3n) is 3.07. The van der Waals surface area contributed by atoms with E-state index in [1.54, 1.807) is 0 Å². The molecule has 0 aliphatic rings. The van der Waals surface area contributed by atoms with Crippen molar-refractivity contribution in [2.75, 3.05) is 11.1 Å². The fourth-order valence-corrected chi connectivity index (χ4v) is 2.51. The summed E-state index contributed by atoms with van der Waals surface area (Å²) in [5.41, 5.74) is 9.94. The third kappa shape index (κ3) is 2.89. The van der Waals surface area contributed by atoms with Gasteiger partial charge in [-0.05, 0) is 65.8 Å². The van der Waals surface area contributed by atoms with Gasteiger partial charge in [-0.15, -0.1) is 0 Å². The number of halogens is 1. The topological polar surface area (TPSA) is 55.1 Å². The Labute approximate surface area is 126 Å². The Bertz CT molecular complexity index is 638. The monoisotopic (exact) mass is 366 g/mol. The smallest absolute Gasteiger partial charge is 0.256 e. The summed E-state index contributed by atoms with van der Waals surface area (Å²) in [6.45, 7) is 3.87. The molecule has 0 heterocycles. The van der Waals surface area contributed by atoms with Crippen molar-refractivity contribution in [3.05, 3.63) is 56.7 Å². The molecular formula is C15H15IN2O. The molecule has 0 saturated heterocycles. The molecule has 3 nitrogen and oxygen atoms in total. The number of nitrogen functional groups attached to an aromatic ring is 1. The Balaban J connectivity index is 2.35. The van der Waals surface area contributed by atoms with Crippen LogP contribution in [0.3, 0.4) is 0 Å². The van der Waals surface area contributed by atoms with Gasteiger partial charge in [0.1, 0.15) is 0 Å². The summed E-state index contributed by atoms with van der Waals surface area (Å²) in [5.74, 6) is -0.109. The van der Waals surface area contributed by atoms with Gasteiger partial charge in [0.2, 0.25) is 0 Å². The summed E-state index contributed by atoms with van der Waals surface area (Å²) in [6, 6.07) is 11.3. The number of benzene rings is 2. The summed E-state index contributed by atoms with van der Waals surface area (Å²) in [7, 11) is 0. The first-order chi connectivity index (χ1) is 9.00. The number of rotatable bonds is 2. The summed E-state index contributed by atoms with van der Waals surface area (Å²) < 4.78 is 0.928. The number of carbonyl (C=O) groups is 1. The van der Waals surface area contributed by atoms with Crippen LogP contribution < -0.4 is 11.1 Å². The molecule has 2 aromatic carbocycles. The lowest BCUT2D eigenvalue weighted by Crippen LogP contribution is -2.15. The first-order valence-electron chi connectivity index (χ1n) is 5.92. The fraction of sp³-hybridized carbons (Fsp3) is 0.133. The maximum Gasteiger partial charge on any atom is 0.256 e. The van der Waals surface area contributed by atoms with Crippen LogP contribution in [0.15, 0.2) is 36.4 Å². The molecule has 0 unspecified atom stereocenters. The molecule has 3 N–H and O–H groups in total. The zero-order chi connectivity index (χ0) is 14.0. The lowest BCUT2D eigenvalue weighted by molar-refractivity contribution is 0.102. The Morgan fingerprint density at radius 3 is 2.53 bits per heavy atom. The van der Waals surface area contributed by atoms with E-state index >= 15 is 0 Å². The van der Waals surface area contributed by atoms with E-state index in [0.717, 1.165) is 20.4 Å². The molecular weight excluding hydrogens is 351 g/mol. The minimum atomic E-state index is -0.109. The number of aryl methyl sites for hydroxylation is 1. The van der Waals surface area contributed by atoms with Crippen LogP contribution in [0.5, 0.6) is 0 Å². The molecule has 0 bridgehead atoms. The van der Waals surface area contributed by atoms with Crippen LogP contribution in [0.25, 0.3) is 0 Å². The largest absolute Gasteiger partial charge is 0.398 e. The van der Waals surface area contributed by atoms with Crippen LogP contribution in [0, 0.1) is 17.4 Å². The van der Waals surface area contributed by atoms with E-state index in [0.29, 0.717) is 11.3 Å². The highest BCUT2D eigenvalue weighted by Gasteiger charge is 2.13. The van der Waals surface area contributed by atoms with Gasteiger partial charge in [0.15, 0.2) is 0 Å². The Kier molecular flexibility index (Phi) is 4.09. The van der Waals surface area contributed by atoms with Gasteiger partial charge in [-0.1, -0.05) is 18.2 Å². The van der Waals surface area contributed by atoms with Crippen molar-refractivity contribution in [3.8, 4) is 0 Å². The molecule has 0 saturated carbocycles. The van der Waals surface area contributed by atoms with Crippen LogP contribution in [0.4, 0.5) is 11.4 Å². The number of amides is 1. The standard InChI is InChI=1S/C15H15IN2O/c1-9-7-8-13(17)10(2)14(9)18-15(19)11-5-3-4-6-12(11)16/h3-8H,17H2,1-2H3,(H,18,19). The van der Waals surface area contributed by atoms with Crippen LogP contribution in [-0.4, -0.2) is 5.91 Å². The predicted molar refractivity (Wildman–Crippen MR) is 87.4 cm³/mol. The second kappa shape index (κ2) is 5.61. The highest BCUT2D eigenvalue weighted by Crippen LogP contribution is 2.26. The van der Waals surface area contributed by atoms with E-state index in [9.17, 15) is 4.79 Å². The minimum absolute atomic E-state index is 0.109. The molecule has 2 aromatic rings. The fourth-order valence-electron chi connectivity index (χ4n) is 1.88. The number of hydrogen-bond donors (Lipinski definition) is 2. The van der Waals surface area contributed by atoms with Crippen LogP contribution in [0.1, 0.15) is 21.5 Å². The number of carbonyl (C=O) groups excluding carboxylic acids is 1. The van der Waals surface area contributed by atoms with Crippen molar-refractivity contribution >= 4 is 39.9 Å². The molecule has 0 aromatic heterocycles. The molecule has 19 heavy (non-hydrogen) atoms. The zero-order valence-corrected chi connectivity index (χ0v) is 13.0. The van der Waals surface area contributed by atoms with Crippen molar-refractivity contribution in [3.63, 3.8) is 0 Å². The number of nitrogens with two attached hydrogens (primary N) is 1. The van der Waals surface area contributed by atoms with Crippen molar-refractivity contribution < 1.29 is 4.79 Å². The molecule has 0 fully saturated rings. The first-order valence-corrected chi connectivity index (χ1v) is 7.00. The van der Waals surface area contributed by atoms with Gasteiger partial charge in [-0.2, -0.15) is 0 Å². The highest BCUT2D eigenvalue weighted by molar-refractivity contribution is 14.1. The molecule has 2 rings (SSSR count). The third-order valence-corrected chi connectivity index (χ3v) is 4.01. The Hall–Kier alpha value is -1.56. The maximum absolute atomic E-state index is 12.3. The summed E-state index contributed by atoms with van der Waals surface area (Å²) in [6.07, 6.45) is 0. The van der Waals surface area contributed by atoms with Crippen molar-refractivity contribution in [1.29, 1.82) is 0 Å². The number of anilines is 2. The molecule has 0 spiro atoms. The summed E-state index contributed by atoms with van der Waals surface area (Å²) >= 11 is 2.16. The molecule has 98 valence electrons. The highest BCUT2D eigenvalue weighted by atomic mass is 127. The average molecular weight is 366 g/mol. The van der Waals surface area contributed by atoms with Gasteiger partial charge < -0.3 is 11.1 Å². The molecule has 0 aliphatic heterocycles. The average Bonchev–Trinajstić information content (AvgIpc) is 2.39. The lowest BCUT2D eigenvalue weighted by Gasteiger charge is -2.14. The first kappa shape index (κ1) is 13.9. The Morgan fingerprint density at radius 2 is 1.84 bits per heavy atom. The van der Waals surface area contributed by atoms with Crippen molar-refractivity contribution in [2.24, 2.45) is 0 Å². The van der Waals surface area contributed by atoms with Gasteiger partial charge in [0.05, 0.1) is 5.56 Å². The van der Waals surface area contributed by atoms with Crippen LogP contribution >= 0.6 is 22.6 Å². The van der Waals surface area contributed by atoms with E-state index in [1.807, 2.05) is 50.2 Å². The zero-order valence-electron chi connectivity index (χ0n) is 10.8. The van der Waals surface area contributed by atoms with Gasteiger partial charge in [0, 0.05) is 14.9 Å². The van der Waals surface area contributed by atoms with Gasteiger partial charge in [-0.3, -0.25) is 4.79 Å². The summed E-state index contributed by atoms with van der Waals surface area (Å²) in [4.78, 5) is 12.3. The normalized spacial score (nSPS) is 10.3. The number of nitrogens with one attached hydrogen (secondary N) is 1. The van der Waals surface area contributed by atoms with E-state index < -0.39 is 0 Å². The Morgan fingerprint density at radius 1 is 1.16 bits per heavy atom. The molecule has 0 atom stereocenters. The lowest BCUT2D eigenvalue weighted by atomic mass is 10.1. The van der Waals surface area contributed by atoms with Crippen LogP contribution in [0.2, 0.25) is 0 Å². The molecule has 0 aliphatic carbocycles. The van der Waals surface area contributed by atoms with Gasteiger partial charge in [-0.25, -0.2) is 0 Å². The van der Waals surface area contributed by atoms with Crippen LogP contribution in [-0.2, 0) is 0 Å². The summed E-state index contributed by atoms with van der Waals surface area (Å²) in [5, 5.41) is 2.95. The maximum atomic E-state index is 12.3. The SMILES string of the molecule is Cc1ccc(N)c(C)c1NC(=O)c1ccccc1I. The minimum Gasteiger partial charge on any atom is -0.398 e. The predicted octanol–water partition coefficient (Wildman–Crippen LogP) is 3.74. The second-order valence-electron chi connectivity index (χ2n) is 4.41. The van der Waals surface area contributed by atoms with Crippen molar-refractivity contribution in [1.82, 2.24) is 0 Å². The van der Waals surface area contributed by atoms with E-state index in [-0.39, 0.29) is 5.91 Å². The van der Waals surface area contributed by atoms with E-state index in [1.165, 1.54) is 0 Å². The molecule has 0 radical (unpaired) electrons. The van der Waals surface area contributed by atoms with Gasteiger partial charge >= 0.3 is 0 Å². The molecule has 1 amide bonds. The van der Waals surface area contributed by atoms with E-state index in [2.05, 4.69) is 27.9 Å². The van der Waals surface area contributed by atoms with Gasteiger partial charge in [0.25, 0.3) is 5.91 Å². The quantitative estimate of drug-likeness (QED) is 0.629. The van der Waals surface area contributed by atoms with Crippen molar-refractivity contribution in [2.45, 2.75) is 13.8 Å².